The smallest absolute Gasteiger partial charge is 0.306 e. The Morgan fingerprint density at radius 1 is 1.19 bits per heavy atom. The molecule has 2 atom stereocenters. The first-order valence-electron chi connectivity index (χ1n) is 7.07. The molecule has 2 N–H and O–H groups in total. The van der Waals surface area contributed by atoms with E-state index in [-0.39, 0.29) is 24.7 Å². The van der Waals surface area contributed by atoms with Crippen LogP contribution in [0.15, 0.2) is 18.2 Å². The number of carboxylic acid groups (broad SMARTS) is 1. The maximum atomic E-state index is 12.2. The van der Waals surface area contributed by atoms with Crippen LogP contribution in [-0.4, -0.2) is 29.8 Å². The summed E-state index contributed by atoms with van der Waals surface area (Å²) < 4.78 is 10.5. The van der Waals surface area contributed by atoms with E-state index in [2.05, 4.69) is 5.32 Å². The van der Waals surface area contributed by atoms with E-state index in [1.807, 2.05) is 0 Å². The summed E-state index contributed by atoms with van der Waals surface area (Å²) in [6.45, 7) is 0.170. The lowest BCUT2D eigenvalue weighted by Gasteiger charge is -2.27. The van der Waals surface area contributed by atoms with Gasteiger partial charge in [-0.3, -0.25) is 9.59 Å². The highest BCUT2D eigenvalue weighted by Gasteiger charge is 2.28. The van der Waals surface area contributed by atoms with Gasteiger partial charge in [0, 0.05) is 11.6 Å². The predicted octanol–water partition coefficient (Wildman–Crippen LogP) is 1.79. The summed E-state index contributed by atoms with van der Waals surface area (Å²) >= 11 is 0. The summed E-state index contributed by atoms with van der Waals surface area (Å²) in [5.41, 5.74) is 0.497. The van der Waals surface area contributed by atoms with Gasteiger partial charge in [-0.1, -0.05) is 6.42 Å². The van der Waals surface area contributed by atoms with Gasteiger partial charge in [0.05, 0.1) is 5.92 Å². The molecule has 0 saturated heterocycles. The molecule has 1 aliphatic carbocycles. The highest BCUT2D eigenvalue weighted by Crippen LogP contribution is 2.32. The average molecular weight is 291 g/mol. The highest BCUT2D eigenvalue weighted by molar-refractivity contribution is 5.95. The fourth-order valence-corrected chi connectivity index (χ4v) is 2.85. The fourth-order valence-electron chi connectivity index (χ4n) is 2.85. The molecule has 1 fully saturated rings. The van der Waals surface area contributed by atoms with Crippen LogP contribution in [0.25, 0.3) is 0 Å². The lowest BCUT2D eigenvalue weighted by Crippen LogP contribution is -2.39. The van der Waals surface area contributed by atoms with Gasteiger partial charge >= 0.3 is 5.97 Å². The molecule has 3 rings (SSSR count). The van der Waals surface area contributed by atoms with Crippen LogP contribution in [0, 0.1) is 5.92 Å². The first kappa shape index (κ1) is 13.7. The molecule has 1 amide bonds. The summed E-state index contributed by atoms with van der Waals surface area (Å²) in [4.78, 5) is 23.3. The number of amides is 1. The number of aliphatic carboxylic acids is 1. The van der Waals surface area contributed by atoms with E-state index in [0.717, 1.165) is 12.8 Å². The number of rotatable bonds is 3. The second-order valence-corrected chi connectivity index (χ2v) is 5.44. The lowest BCUT2D eigenvalue weighted by atomic mass is 9.85. The van der Waals surface area contributed by atoms with Crippen LogP contribution in [0.3, 0.4) is 0 Å². The van der Waals surface area contributed by atoms with Gasteiger partial charge in [0.25, 0.3) is 5.91 Å². The normalized spacial score (nSPS) is 23.6. The van der Waals surface area contributed by atoms with E-state index in [1.54, 1.807) is 18.2 Å². The molecular weight excluding hydrogens is 274 g/mol. The fraction of sp³-hybridized carbons (Fsp3) is 0.467. The molecule has 1 aromatic carbocycles. The van der Waals surface area contributed by atoms with Crippen LogP contribution < -0.4 is 14.8 Å². The summed E-state index contributed by atoms with van der Waals surface area (Å²) in [5, 5.41) is 12.0. The molecule has 1 aromatic rings. The molecule has 1 saturated carbocycles. The predicted molar refractivity (Wildman–Crippen MR) is 73.4 cm³/mol. The first-order chi connectivity index (χ1) is 10.1. The van der Waals surface area contributed by atoms with Gasteiger partial charge in [-0.05, 0) is 37.5 Å². The first-order valence-corrected chi connectivity index (χ1v) is 7.07. The van der Waals surface area contributed by atoms with E-state index in [1.165, 1.54) is 0 Å². The molecule has 0 spiro atoms. The van der Waals surface area contributed by atoms with E-state index >= 15 is 0 Å². The monoisotopic (exact) mass is 291 g/mol. The Labute approximate surface area is 122 Å². The van der Waals surface area contributed by atoms with Crippen LogP contribution in [0.2, 0.25) is 0 Å². The average Bonchev–Trinajstić information content (AvgIpc) is 2.94. The van der Waals surface area contributed by atoms with Crippen molar-refractivity contribution < 1.29 is 24.2 Å². The van der Waals surface area contributed by atoms with Crippen molar-refractivity contribution in [1.29, 1.82) is 0 Å². The Bertz CT molecular complexity index is 571. The molecule has 1 aliphatic heterocycles. The van der Waals surface area contributed by atoms with Crippen LogP contribution in [0.5, 0.6) is 11.5 Å². The SMILES string of the molecule is O=C(NC1CCCC(C(=O)O)C1)c1ccc2c(c1)OCO2. The van der Waals surface area contributed by atoms with Crippen molar-refractivity contribution >= 4 is 11.9 Å². The number of hydrogen-bond donors (Lipinski definition) is 2. The number of carboxylic acids is 1. The van der Waals surface area contributed by atoms with E-state index in [0.29, 0.717) is 29.9 Å². The van der Waals surface area contributed by atoms with Crippen LogP contribution in [0.4, 0.5) is 0 Å². The Balaban J connectivity index is 1.64. The number of carbonyl (C=O) groups excluding carboxylic acids is 1. The molecular formula is C15H17NO5. The number of hydrogen-bond acceptors (Lipinski definition) is 4. The van der Waals surface area contributed by atoms with Crippen molar-refractivity contribution in [3.05, 3.63) is 23.8 Å². The number of ether oxygens (including phenoxy) is 2. The Hall–Kier alpha value is -2.24. The third kappa shape index (κ3) is 2.94. The number of fused-ring (bicyclic) bond motifs is 1. The van der Waals surface area contributed by atoms with Crippen molar-refractivity contribution in [1.82, 2.24) is 5.32 Å². The Morgan fingerprint density at radius 2 is 2.00 bits per heavy atom. The van der Waals surface area contributed by atoms with Gasteiger partial charge in [0.1, 0.15) is 0 Å². The second kappa shape index (κ2) is 5.63. The molecule has 0 bridgehead atoms. The maximum absolute atomic E-state index is 12.2. The molecule has 112 valence electrons. The van der Waals surface area contributed by atoms with E-state index in [9.17, 15) is 9.59 Å². The third-order valence-corrected chi connectivity index (χ3v) is 3.99. The second-order valence-electron chi connectivity index (χ2n) is 5.44. The lowest BCUT2D eigenvalue weighted by molar-refractivity contribution is -0.143. The molecule has 6 nitrogen and oxygen atoms in total. The standard InChI is InChI=1S/C15H17NO5/c17-14(9-4-5-12-13(7-9)21-8-20-12)16-11-3-1-2-10(6-11)15(18)19/h4-5,7,10-11H,1-3,6,8H2,(H,16,17)(H,18,19). The number of benzene rings is 1. The molecule has 1 heterocycles. The Kier molecular flexibility index (Phi) is 3.68. The van der Waals surface area contributed by atoms with Gasteiger partial charge in [-0.25, -0.2) is 0 Å². The van der Waals surface area contributed by atoms with Gasteiger partial charge in [0.15, 0.2) is 11.5 Å². The minimum absolute atomic E-state index is 0.0854. The van der Waals surface area contributed by atoms with Gasteiger partial charge in [0.2, 0.25) is 6.79 Å². The zero-order chi connectivity index (χ0) is 14.8. The molecule has 2 unspecified atom stereocenters. The molecule has 6 heteroatoms. The third-order valence-electron chi connectivity index (χ3n) is 3.99. The topological polar surface area (TPSA) is 84.9 Å². The van der Waals surface area contributed by atoms with Crippen molar-refractivity contribution in [2.75, 3.05) is 6.79 Å². The minimum atomic E-state index is -0.781. The molecule has 0 radical (unpaired) electrons. The van der Waals surface area contributed by atoms with Crippen LogP contribution in [-0.2, 0) is 4.79 Å². The van der Waals surface area contributed by atoms with Crippen LogP contribution >= 0.6 is 0 Å². The summed E-state index contributed by atoms with van der Waals surface area (Å²) in [6, 6.07) is 4.95. The highest BCUT2D eigenvalue weighted by atomic mass is 16.7. The maximum Gasteiger partial charge on any atom is 0.306 e. The zero-order valence-electron chi connectivity index (χ0n) is 11.5. The van der Waals surface area contributed by atoms with Gasteiger partial charge in [-0.15, -0.1) is 0 Å². The number of carbonyl (C=O) groups is 2. The van der Waals surface area contributed by atoms with Crippen molar-refractivity contribution in [2.45, 2.75) is 31.7 Å². The molecule has 2 aliphatic rings. The minimum Gasteiger partial charge on any atom is -0.481 e. The summed E-state index contributed by atoms with van der Waals surface area (Å²) in [6.07, 6.45) is 2.82. The van der Waals surface area contributed by atoms with Crippen LogP contribution in [0.1, 0.15) is 36.0 Å². The van der Waals surface area contributed by atoms with Crippen molar-refractivity contribution in [2.24, 2.45) is 5.92 Å². The van der Waals surface area contributed by atoms with Gasteiger partial charge < -0.3 is 19.9 Å². The summed E-state index contributed by atoms with van der Waals surface area (Å²) in [5.74, 6) is -0.146. The largest absolute Gasteiger partial charge is 0.481 e. The Morgan fingerprint density at radius 3 is 2.81 bits per heavy atom. The van der Waals surface area contributed by atoms with Crippen molar-refractivity contribution in [3.8, 4) is 11.5 Å². The number of nitrogens with one attached hydrogen (secondary N) is 1. The molecule has 21 heavy (non-hydrogen) atoms. The van der Waals surface area contributed by atoms with E-state index < -0.39 is 5.97 Å². The summed E-state index contributed by atoms with van der Waals surface area (Å²) in [7, 11) is 0. The zero-order valence-corrected chi connectivity index (χ0v) is 11.5. The van der Waals surface area contributed by atoms with Crippen molar-refractivity contribution in [3.63, 3.8) is 0 Å². The quantitative estimate of drug-likeness (QED) is 0.887. The molecule has 0 aromatic heterocycles. The van der Waals surface area contributed by atoms with E-state index in [4.69, 9.17) is 14.6 Å². The van der Waals surface area contributed by atoms with Gasteiger partial charge in [-0.2, -0.15) is 0 Å².